The zero-order chi connectivity index (χ0) is 13.5. The lowest BCUT2D eigenvalue weighted by molar-refractivity contribution is 0.970. The number of anilines is 2. The van der Waals surface area contributed by atoms with Gasteiger partial charge in [-0.1, -0.05) is 6.07 Å². The molecule has 6 nitrogen and oxygen atoms in total. The van der Waals surface area contributed by atoms with Gasteiger partial charge in [-0.2, -0.15) is 0 Å². The summed E-state index contributed by atoms with van der Waals surface area (Å²) in [4.78, 5) is 12.9. The average molecular weight is 258 g/mol. The number of rotatable bonds is 6. The number of hydrogen-bond acceptors (Lipinski definition) is 6. The van der Waals surface area contributed by atoms with Crippen molar-refractivity contribution in [3.05, 3.63) is 42.0 Å². The van der Waals surface area contributed by atoms with E-state index in [9.17, 15) is 0 Å². The van der Waals surface area contributed by atoms with Crippen LogP contribution >= 0.6 is 0 Å². The van der Waals surface area contributed by atoms with E-state index in [1.54, 1.807) is 6.20 Å². The lowest BCUT2D eigenvalue weighted by atomic mass is 10.3. The van der Waals surface area contributed by atoms with Gasteiger partial charge in [0.25, 0.3) is 0 Å². The molecule has 0 saturated carbocycles. The molecule has 100 valence electrons. The van der Waals surface area contributed by atoms with Crippen molar-refractivity contribution >= 4 is 11.6 Å². The molecule has 0 atom stereocenters. The van der Waals surface area contributed by atoms with E-state index in [1.165, 1.54) is 0 Å². The molecule has 19 heavy (non-hydrogen) atoms. The van der Waals surface area contributed by atoms with Crippen LogP contribution in [0.2, 0.25) is 0 Å². The zero-order valence-electron chi connectivity index (χ0n) is 10.9. The molecular formula is C13H18N6. The lowest BCUT2D eigenvalue weighted by Crippen LogP contribution is -2.15. The topological polar surface area (TPSA) is 88.8 Å². The van der Waals surface area contributed by atoms with Gasteiger partial charge >= 0.3 is 0 Å². The van der Waals surface area contributed by atoms with Crippen molar-refractivity contribution in [3.63, 3.8) is 0 Å². The van der Waals surface area contributed by atoms with Crippen LogP contribution < -0.4 is 16.4 Å². The Hall–Kier alpha value is -2.21. The van der Waals surface area contributed by atoms with Crippen molar-refractivity contribution in [2.45, 2.75) is 13.5 Å². The summed E-state index contributed by atoms with van der Waals surface area (Å²) in [7, 11) is 0. The molecule has 2 aromatic heterocycles. The number of hydrogen-bond donors (Lipinski definition) is 3. The molecule has 0 fully saturated rings. The van der Waals surface area contributed by atoms with Crippen LogP contribution in [0.1, 0.15) is 11.5 Å². The van der Waals surface area contributed by atoms with E-state index in [0.29, 0.717) is 25.5 Å². The lowest BCUT2D eigenvalue weighted by Gasteiger charge is -2.09. The molecule has 2 heterocycles. The fourth-order valence-corrected chi connectivity index (χ4v) is 1.63. The Kier molecular flexibility index (Phi) is 4.63. The summed E-state index contributed by atoms with van der Waals surface area (Å²) in [5, 5.41) is 6.38. The molecule has 0 aliphatic rings. The average Bonchev–Trinajstić information content (AvgIpc) is 2.43. The minimum Gasteiger partial charge on any atom is -0.369 e. The van der Waals surface area contributed by atoms with Gasteiger partial charge in [0.2, 0.25) is 0 Å². The molecule has 2 rings (SSSR count). The molecule has 0 amide bonds. The molecule has 4 N–H and O–H groups in total. The number of pyridine rings is 1. The molecule has 0 bridgehead atoms. The summed E-state index contributed by atoms with van der Waals surface area (Å²) in [5.74, 6) is 2.27. The number of nitrogens with two attached hydrogens (primary N) is 1. The first kappa shape index (κ1) is 13.2. The first-order valence-electron chi connectivity index (χ1n) is 6.21. The Balaban J connectivity index is 2.01. The summed E-state index contributed by atoms with van der Waals surface area (Å²) >= 11 is 0. The van der Waals surface area contributed by atoms with Crippen LogP contribution in [0, 0.1) is 6.92 Å². The van der Waals surface area contributed by atoms with Crippen LogP contribution in [-0.2, 0) is 6.54 Å². The molecule has 0 radical (unpaired) electrons. The van der Waals surface area contributed by atoms with Gasteiger partial charge < -0.3 is 16.4 Å². The highest BCUT2D eigenvalue weighted by atomic mass is 15.1. The molecule has 6 heteroatoms. The van der Waals surface area contributed by atoms with E-state index in [0.717, 1.165) is 17.3 Å². The van der Waals surface area contributed by atoms with E-state index >= 15 is 0 Å². The molecule has 0 aliphatic carbocycles. The molecular weight excluding hydrogens is 240 g/mol. The SMILES string of the molecule is Cc1nc(NCCN)cc(NCc2ccccn2)n1. The smallest absolute Gasteiger partial charge is 0.132 e. The second kappa shape index (κ2) is 6.65. The Morgan fingerprint density at radius 3 is 2.63 bits per heavy atom. The van der Waals surface area contributed by atoms with Gasteiger partial charge in [-0.15, -0.1) is 0 Å². The van der Waals surface area contributed by atoms with Crippen LogP contribution in [0.15, 0.2) is 30.5 Å². The van der Waals surface area contributed by atoms with E-state index < -0.39 is 0 Å². The van der Waals surface area contributed by atoms with E-state index in [-0.39, 0.29) is 0 Å². The summed E-state index contributed by atoms with van der Waals surface area (Å²) < 4.78 is 0. The number of nitrogens with one attached hydrogen (secondary N) is 2. The van der Waals surface area contributed by atoms with Gasteiger partial charge in [0.15, 0.2) is 0 Å². The maximum Gasteiger partial charge on any atom is 0.132 e. The predicted octanol–water partition coefficient (Wildman–Crippen LogP) is 1.16. The molecule has 0 saturated heterocycles. The Morgan fingerprint density at radius 2 is 1.95 bits per heavy atom. The maximum atomic E-state index is 5.46. The standard InChI is InChI=1S/C13H18N6/c1-10-18-12(16-7-5-14)8-13(19-10)17-9-11-4-2-3-6-15-11/h2-4,6,8H,5,7,9,14H2,1H3,(H2,16,17,18,19). The minimum absolute atomic E-state index is 0.569. The second-order valence-electron chi connectivity index (χ2n) is 4.08. The minimum atomic E-state index is 0.569. The van der Waals surface area contributed by atoms with Crippen molar-refractivity contribution in [1.82, 2.24) is 15.0 Å². The first-order chi connectivity index (χ1) is 9.28. The van der Waals surface area contributed by atoms with Crippen LogP contribution in [-0.4, -0.2) is 28.0 Å². The normalized spacial score (nSPS) is 10.2. The van der Waals surface area contributed by atoms with Crippen molar-refractivity contribution in [2.24, 2.45) is 5.73 Å². The summed E-state index contributed by atoms with van der Waals surface area (Å²) in [6.07, 6.45) is 1.77. The predicted molar refractivity (Wildman–Crippen MR) is 75.9 cm³/mol. The number of aromatic nitrogens is 3. The van der Waals surface area contributed by atoms with Gasteiger partial charge in [0, 0.05) is 25.4 Å². The molecule has 0 aliphatic heterocycles. The number of aryl methyl sites for hydroxylation is 1. The Morgan fingerprint density at radius 1 is 1.16 bits per heavy atom. The Labute approximate surface area is 112 Å². The van der Waals surface area contributed by atoms with Crippen molar-refractivity contribution in [3.8, 4) is 0 Å². The third kappa shape index (κ3) is 4.18. The monoisotopic (exact) mass is 258 g/mol. The van der Waals surface area contributed by atoms with Crippen LogP contribution in [0.3, 0.4) is 0 Å². The molecule has 0 unspecified atom stereocenters. The molecule has 2 aromatic rings. The van der Waals surface area contributed by atoms with Crippen LogP contribution in [0.5, 0.6) is 0 Å². The quantitative estimate of drug-likeness (QED) is 0.720. The van der Waals surface area contributed by atoms with Gasteiger partial charge in [0.1, 0.15) is 17.5 Å². The van der Waals surface area contributed by atoms with E-state index in [4.69, 9.17) is 5.73 Å². The van der Waals surface area contributed by atoms with Gasteiger partial charge in [0.05, 0.1) is 12.2 Å². The largest absolute Gasteiger partial charge is 0.369 e. The highest BCUT2D eigenvalue weighted by molar-refractivity contribution is 5.47. The second-order valence-corrected chi connectivity index (χ2v) is 4.08. The van der Waals surface area contributed by atoms with Crippen molar-refractivity contribution in [1.29, 1.82) is 0 Å². The summed E-state index contributed by atoms with van der Waals surface area (Å²) in [6.45, 7) is 3.75. The highest BCUT2D eigenvalue weighted by Crippen LogP contribution is 2.11. The van der Waals surface area contributed by atoms with Crippen LogP contribution in [0.25, 0.3) is 0 Å². The van der Waals surface area contributed by atoms with E-state index in [2.05, 4.69) is 25.6 Å². The number of nitrogens with zero attached hydrogens (tertiary/aromatic N) is 3. The van der Waals surface area contributed by atoms with Crippen LogP contribution in [0.4, 0.5) is 11.6 Å². The van der Waals surface area contributed by atoms with Crippen molar-refractivity contribution < 1.29 is 0 Å². The maximum absolute atomic E-state index is 5.46. The van der Waals surface area contributed by atoms with Crippen molar-refractivity contribution in [2.75, 3.05) is 23.7 Å². The Bertz CT molecular complexity index is 514. The molecule has 0 spiro atoms. The molecule has 0 aromatic carbocycles. The third-order valence-corrected chi connectivity index (χ3v) is 2.47. The fraction of sp³-hybridized carbons (Fsp3) is 0.308. The summed E-state index contributed by atoms with van der Waals surface area (Å²) in [5.41, 5.74) is 6.43. The zero-order valence-corrected chi connectivity index (χ0v) is 10.9. The van der Waals surface area contributed by atoms with Gasteiger partial charge in [-0.3, -0.25) is 4.98 Å². The fourth-order valence-electron chi connectivity index (χ4n) is 1.63. The van der Waals surface area contributed by atoms with Gasteiger partial charge in [-0.25, -0.2) is 9.97 Å². The van der Waals surface area contributed by atoms with E-state index in [1.807, 2.05) is 31.2 Å². The highest BCUT2D eigenvalue weighted by Gasteiger charge is 2.01. The third-order valence-electron chi connectivity index (χ3n) is 2.47. The summed E-state index contributed by atoms with van der Waals surface area (Å²) in [6, 6.07) is 7.69. The van der Waals surface area contributed by atoms with Gasteiger partial charge in [-0.05, 0) is 19.1 Å². The first-order valence-corrected chi connectivity index (χ1v) is 6.21.